The van der Waals surface area contributed by atoms with Crippen molar-refractivity contribution in [1.82, 2.24) is 5.32 Å². The first-order valence-electron chi connectivity index (χ1n) is 9.17. The number of Topliss-reactive ketones (excluding diaryl/α,β-unsaturated/α-hetero) is 1. The molecule has 7 nitrogen and oxygen atoms in total. The summed E-state index contributed by atoms with van der Waals surface area (Å²) in [6.45, 7) is 6.24. The van der Waals surface area contributed by atoms with Crippen molar-refractivity contribution in [2.45, 2.75) is 39.8 Å². The van der Waals surface area contributed by atoms with Crippen molar-refractivity contribution >= 4 is 29.3 Å². The van der Waals surface area contributed by atoms with Crippen molar-refractivity contribution in [2.24, 2.45) is 0 Å². The molecule has 0 heterocycles. The van der Waals surface area contributed by atoms with Gasteiger partial charge >= 0.3 is 5.97 Å². The van der Waals surface area contributed by atoms with Crippen LogP contribution in [-0.4, -0.2) is 35.7 Å². The normalized spacial score (nSPS) is 12.4. The molecule has 0 unspecified atom stereocenters. The molecule has 2 rings (SSSR count). The number of carbonyl (C=O) groups is 4. The van der Waals surface area contributed by atoms with Gasteiger partial charge in [-0.2, -0.15) is 0 Å². The fraction of sp³-hybridized carbons (Fsp3) is 0.273. The van der Waals surface area contributed by atoms with E-state index in [1.165, 1.54) is 20.8 Å². The topological polar surface area (TPSA) is 102 Å². The van der Waals surface area contributed by atoms with Crippen LogP contribution in [0.4, 0.5) is 5.69 Å². The number of hydrogen-bond donors (Lipinski definition) is 2. The van der Waals surface area contributed by atoms with E-state index in [-0.39, 0.29) is 5.78 Å². The molecule has 0 bridgehead atoms. The van der Waals surface area contributed by atoms with E-state index in [2.05, 4.69) is 10.6 Å². The van der Waals surface area contributed by atoms with Gasteiger partial charge in [0.1, 0.15) is 6.04 Å². The van der Waals surface area contributed by atoms with Gasteiger partial charge in [0.25, 0.3) is 11.8 Å². The molecule has 0 radical (unpaired) electrons. The molecule has 2 amide bonds. The van der Waals surface area contributed by atoms with Crippen LogP contribution in [0.25, 0.3) is 0 Å². The molecular weight excluding hydrogens is 372 g/mol. The van der Waals surface area contributed by atoms with E-state index in [1.807, 2.05) is 13.0 Å². The van der Waals surface area contributed by atoms with E-state index < -0.39 is 29.9 Å². The Hall–Kier alpha value is -3.48. The molecule has 2 aromatic rings. The molecular formula is C22H24N2O5. The molecule has 2 atom stereocenters. The minimum atomic E-state index is -1.06. The molecule has 152 valence electrons. The Morgan fingerprint density at radius 1 is 0.931 bits per heavy atom. The summed E-state index contributed by atoms with van der Waals surface area (Å²) in [5.74, 6) is -1.72. The summed E-state index contributed by atoms with van der Waals surface area (Å²) < 4.78 is 5.15. The molecule has 0 saturated carbocycles. The van der Waals surface area contributed by atoms with Gasteiger partial charge in [0.15, 0.2) is 11.9 Å². The number of benzene rings is 2. The Bertz CT molecular complexity index is 921. The molecule has 29 heavy (non-hydrogen) atoms. The molecule has 0 fully saturated rings. The Labute approximate surface area is 169 Å². The zero-order valence-electron chi connectivity index (χ0n) is 16.8. The zero-order valence-corrected chi connectivity index (χ0v) is 16.8. The summed E-state index contributed by atoms with van der Waals surface area (Å²) in [6, 6.07) is 12.4. The largest absolute Gasteiger partial charge is 0.451 e. The number of rotatable bonds is 7. The molecule has 0 saturated heterocycles. The van der Waals surface area contributed by atoms with Crippen molar-refractivity contribution in [3.63, 3.8) is 0 Å². The third kappa shape index (κ3) is 6.27. The summed E-state index contributed by atoms with van der Waals surface area (Å²) in [5.41, 5.74) is 2.36. The third-order valence-electron chi connectivity index (χ3n) is 4.20. The van der Waals surface area contributed by atoms with Crippen LogP contribution in [0.5, 0.6) is 0 Å². The quantitative estimate of drug-likeness (QED) is 0.553. The van der Waals surface area contributed by atoms with E-state index in [0.717, 1.165) is 5.56 Å². The van der Waals surface area contributed by atoms with Crippen molar-refractivity contribution in [3.8, 4) is 0 Å². The van der Waals surface area contributed by atoms with Crippen LogP contribution in [0.15, 0.2) is 48.5 Å². The van der Waals surface area contributed by atoms with Crippen LogP contribution in [0.2, 0.25) is 0 Å². The standard InChI is InChI=1S/C22H24N2O5/c1-13-6-5-7-18(12-13)21(27)23-14(2)22(28)29-16(4)20(26)24-19-10-8-17(9-11-19)15(3)25/h5-12,14,16H,1-4H3,(H,23,27)(H,24,26)/t14-,16+/m0/s1. The Morgan fingerprint density at radius 3 is 2.17 bits per heavy atom. The lowest BCUT2D eigenvalue weighted by molar-refractivity contribution is -0.154. The van der Waals surface area contributed by atoms with Gasteiger partial charge < -0.3 is 15.4 Å². The number of nitrogens with one attached hydrogen (secondary N) is 2. The Balaban J connectivity index is 1.88. The van der Waals surface area contributed by atoms with Crippen LogP contribution in [0.1, 0.15) is 47.1 Å². The molecule has 2 aromatic carbocycles. The maximum atomic E-state index is 12.2. The minimum Gasteiger partial charge on any atom is -0.451 e. The van der Waals surface area contributed by atoms with Gasteiger partial charge in [-0.3, -0.25) is 14.4 Å². The summed E-state index contributed by atoms with van der Waals surface area (Å²) >= 11 is 0. The summed E-state index contributed by atoms with van der Waals surface area (Å²) in [7, 11) is 0. The van der Waals surface area contributed by atoms with Crippen molar-refractivity contribution in [3.05, 3.63) is 65.2 Å². The van der Waals surface area contributed by atoms with Crippen molar-refractivity contribution in [1.29, 1.82) is 0 Å². The molecule has 0 aliphatic rings. The lowest BCUT2D eigenvalue weighted by atomic mass is 10.1. The molecule has 2 N–H and O–H groups in total. The fourth-order valence-electron chi connectivity index (χ4n) is 2.49. The number of amides is 2. The van der Waals surface area contributed by atoms with E-state index in [4.69, 9.17) is 4.74 Å². The molecule has 7 heteroatoms. The van der Waals surface area contributed by atoms with Gasteiger partial charge in [0.2, 0.25) is 0 Å². The molecule has 0 spiro atoms. The van der Waals surface area contributed by atoms with Gasteiger partial charge in [-0.25, -0.2) is 4.79 Å². The monoisotopic (exact) mass is 396 g/mol. The predicted molar refractivity (Wildman–Crippen MR) is 109 cm³/mol. The lowest BCUT2D eigenvalue weighted by Crippen LogP contribution is -2.42. The number of ketones is 1. The van der Waals surface area contributed by atoms with Gasteiger partial charge in [0.05, 0.1) is 0 Å². The van der Waals surface area contributed by atoms with Crippen LogP contribution in [0, 0.1) is 6.92 Å². The van der Waals surface area contributed by atoms with Crippen LogP contribution in [0.3, 0.4) is 0 Å². The van der Waals surface area contributed by atoms with E-state index in [1.54, 1.807) is 42.5 Å². The molecule has 0 aliphatic carbocycles. The smallest absolute Gasteiger partial charge is 0.329 e. The SMILES string of the molecule is CC(=O)c1ccc(NC(=O)[C@@H](C)OC(=O)[C@H](C)NC(=O)c2cccc(C)c2)cc1. The highest BCUT2D eigenvalue weighted by atomic mass is 16.5. The zero-order chi connectivity index (χ0) is 21.6. The number of carbonyl (C=O) groups excluding carboxylic acids is 4. The minimum absolute atomic E-state index is 0.0770. The van der Waals surface area contributed by atoms with Gasteiger partial charge in [-0.15, -0.1) is 0 Å². The molecule has 0 aliphatic heterocycles. The second-order valence-electron chi connectivity index (χ2n) is 6.77. The summed E-state index contributed by atoms with van der Waals surface area (Å²) in [6.07, 6.45) is -1.06. The number of anilines is 1. The summed E-state index contributed by atoms with van der Waals surface area (Å²) in [4.78, 5) is 47.9. The highest BCUT2D eigenvalue weighted by molar-refractivity contribution is 5.99. The number of aryl methyl sites for hydroxylation is 1. The number of esters is 1. The average Bonchev–Trinajstić information content (AvgIpc) is 2.68. The molecule has 0 aromatic heterocycles. The summed E-state index contributed by atoms with van der Waals surface area (Å²) in [5, 5.41) is 5.17. The Morgan fingerprint density at radius 2 is 1.59 bits per heavy atom. The Kier molecular flexibility index (Phi) is 7.25. The van der Waals surface area contributed by atoms with E-state index >= 15 is 0 Å². The first-order valence-corrected chi connectivity index (χ1v) is 9.17. The highest BCUT2D eigenvalue weighted by Gasteiger charge is 2.23. The maximum absolute atomic E-state index is 12.2. The predicted octanol–water partition coefficient (Wildman–Crippen LogP) is 2.89. The highest BCUT2D eigenvalue weighted by Crippen LogP contribution is 2.11. The van der Waals surface area contributed by atoms with Crippen LogP contribution < -0.4 is 10.6 Å². The lowest BCUT2D eigenvalue weighted by Gasteiger charge is -2.18. The van der Waals surface area contributed by atoms with Gasteiger partial charge in [-0.05, 0) is 64.1 Å². The fourth-order valence-corrected chi connectivity index (χ4v) is 2.49. The first kappa shape index (κ1) is 21.8. The third-order valence-corrected chi connectivity index (χ3v) is 4.20. The van der Waals surface area contributed by atoms with E-state index in [0.29, 0.717) is 16.8 Å². The van der Waals surface area contributed by atoms with Crippen molar-refractivity contribution in [2.75, 3.05) is 5.32 Å². The first-order chi connectivity index (χ1) is 13.7. The number of hydrogen-bond acceptors (Lipinski definition) is 5. The van der Waals surface area contributed by atoms with Gasteiger partial charge in [0, 0.05) is 16.8 Å². The van der Waals surface area contributed by atoms with Crippen molar-refractivity contribution < 1.29 is 23.9 Å². The number of ether oxygens (including phenoxy) is 1. The van der Waals surface area contributed by atoms with Gasteiger partial charge in [-0.1, -0.05) is 17.7 Å². The maximum Gasteiger partial charge on any atom is 0.329 e. The van der Waals surface area contributed by atoms with E-state index in [9.17, 15) is 19.2 Å². The second kappa shape index (κ2) is 9.64. The van der Waals surface area contributed by atoms with Crippen LogP contribution >= 0.6 is 0 Å². The average molecular weight is 396 g/mol. The second-order valence-corrected chi connectivity index (χ2v) is 6.77. The van der Waals surface area contributed by atoms with Crippen LogP contribution in [-0.2, 0) is 14.3 Å².